The van der Waals surface area contributed by atoms with E-state index in [0.717, 1.165) is 43.7 Å². The average Bonchev–Trinajstić information content (AvgIpc) is 2.88. The highest BCUT2D eigenvalue weighted by atomic mass is 19.1. The first-order valence-electron chi connectivity index (χ1n) is 7.54. The van der Waals surface area contributed by atoms with Gasteiger partial charge in [-0.25, -0.2) is 4.39 Å². The summed E-state index contributed by atoms with van der Waals surface area (Å²) in [5.74, 6) is 0.368. The van der Waals surface area contributed by atoms with E-state index in [-0.39, 0.29) is 18.5 Å². The van der Waals surface area contributed by atoms with Crippen molar-refractivity contribution in [2.24, 2.45) is 5.92 Å². The molecule has 2 unspecified atom stereocenters. The van der Waals surface area contributed by atoms with Crippen molar-refractivity contribution in [3.8, 4) is 0 Å². The van der Waals surface area contributed by atoms with Crippen LogP contribution in [0, 0.1) is 11.7 Å². The summed E-state index contributed by atoms with van der Waals surface area (Å²) in [5, 5.41) is 12.4. The Morgan fingerprint density at radius 3 is 3.00 bits per heavy atom. The van der Waals surface area contributed by atoms with Crippen molar-refractivity contribution in [2.75, 3.05) is 31.1 Å². The summed E-state index contributed by atoms with van der Waals surface area (Å²) in [6.45, 7) is 7.19. The van der Waals surface area contributed by atoms with E-state index in [4.69, 9.17) is 5.11 Å². The number of aliphatic hydroxyl groups excluding tert-OH is 1. The van der Waals surface area contributed by atoms with E-state index < -0.39 is 0 Å². The first-order valence-corrected chi connectivity index (χ1v) is 7.54. The van der Waals surface area contributed by atoms with Crippen molar-refractivity contribution in [1.29, 1.82) is 0 Å². The standard InChI is InChI=1S/C16H25FN2O/c1-3-18-12(2)15-10-14(17)4-5-16(15)19-8-6-13(11-19)7-9-20/h4-5,10,12-13,18,20H,3,6-9,11H2,1-2H3. The van der Waals surface area contributed by atoms with Crippen molar-refractivity contribution in [3.05, 3.63) is 29.6 Å². The molecule has 1 fully saturated rings. The molecule has 0 saturated carbocycles. The second-order valence-electron chi connectivity index (χ2n) is 5.60. The maximum atomic E-state index is 13.6. The molecule has 0 aliphatic carbocycles. The molecule has 112 valence electrons. The number of hydrogen-bond donors (Lipinski definition) is 2. The lowest BCUT2D eigenvalue weighted by molar-refractivity contribution is 0.263. The lowest BCUT2D eigenvalue weighted by Crippen LogP contribution is -2.25. The van der Waals surface area contributed by atoms with Crippen molar-refractivity contribution in [3.63, 3.8) is 0 Å². The van der Waals surface area contributed by atoms with Gasteiger partial charge in [-0.3, -0.25) is 0 Å². The molecule has 2 rings (SSSR count). The van der Waals surface area contributed by atoms with Gasteiger partial charge in [0.2, 0.25) is 0 Å². The zero-order chi connectivity index (χ0) is 14.5. The van der Waals surface area contributed by atoms with E-state index in [1.807, 2.05) is 6.07 Å². The molecule has 0 bridgehead atoms. The summed E-state index contributed by atoms with van der Waals surface area (Å²) in [5.41, 5.74) is 2.15. The van der Waals surface area contributed by atoms with Crippen molar-refractivity contribution in [1.82, 2.24) is 5.32 Å². The smallest absolute Gasteiger partial charge is 0.123 e. The van der Waals surface area contributed by atoms with Crippen LogP contribution in [0.3, 0.4) is 0 Å². The molecule has 3 nitrogen and oxygen atoms in total. The lowest BCUT2D eigenvalue weighted by atomic mass is 10.0. The fraction of sp³-hybridized carbons (Fsp3) is 0.625. The number of hydrogen-bond acceptors (Lipinski definition) is 3. The van der Waals surface area contributed by atoms with Gasteiger partial charge in [0, 0.05) is 31.4 Å². The van der Waals surface area contributed by atoms with Crippen LogP contribution in [-0.4, -0.2) is 31.3 Å². The number of rotatable bonds is 6. The number of anilines is 1. The molecule has 1 heterocycles. The SMILES string of the molecule is CCNC(C)c1cc(F)ccc1N1CCC(CCO)C1. The summed E-state index contributed by atoms with van der Waals surface area (Å²) < 4.78 is 13.6. The fourth-order valence-electron chi connectivity index (χ4n) is 3.05. The van der Waals surface area contributed by atoms with Crippen molar-refractivity contribution < 1.29 is 9.50 Å². The third kappa shape index (κ3) is 3.49. The maximum Gasteiger partial charge on any atom is 0.123 e. The van der Waals surface area contributed by atoms with E-state index in [2.05, 4.69) is 24.1 Å². The van der Waals surface area contributed by atoms with Gasteiger partial charge in [0.25, 0.3) is 0 Å². The number of benzene rings is 1. The minimum absolute atomic E-state index is 0.141. The van der Waals surface area contributed by atoms with Gasteiger partial charge in [0.15, 0.2) is 0 Å². The summed E-state index contributed by atoms with van der Waals surface area (Å²) >= 11 is 0. The Morgan fingerprint density at radius 1 is 1.50 bits per heavy atom. The molecule has 0 spiro atoms. The van der Waals surface area contributed by atoms with Crippen molar-refractivity contribution >= 4 is 5.69 Å². The molecule has 2 N–H and O–H groups in total. The number of nitrogens with zero attached hydrogens (tertiary/aromatic N) is 1. The highest BCUT2D eigenvalue weighted by molar-refractivity contribution is 5.56. The Labute approximate surface area is 120 Å². The third-order valence-corrected chi connectivity index (χ3v) is 4.13. The van der Waals surface area contributed by atoms with Crippen LogP contribution in [0.25, 0.3) is 0 Å². The highest BCUT2D eigenvalue weighted by Crippen LogP contribution is 2.32. The zero-order valence-corrected chi connectivity index (χ0v) is 12.4. The minimum Gasteiger partial charge on any atom is -0.396 e. The second kappa shape index (κ2) is 7.04. The van der Waals surface area contributed by atoms with E-state index in [1.54, 1.807) is 6.07 Å². The van der Waals surface area contributed by atoms with Crippen LogP contribution in [0.4, 0.5) is 10.1 Å². The molecule has 2 atom stereocenters. The summed E-state index contributed by atoms with van der Waals surface area (Å²) in [7, 11) is 0. The molecule has 1 aliphatic rings. The predicted molar refractivity (Wildman–Crippen MR) is 80.5 cm³/mol. The van der Waals surface area contributed by atoms with Gasteiger partial charge in [0.1, 0.15) is 5.82 Å². The third-order valence-electron chi connectivity index (χ3n) is 4.13. The predicted octanol–water partition coefficient (Wildman–Crippen LogP) is 2.70. The molecular formula is C16H25FN2O. The molecule has 20 heavy (non-hydrogen) atoms. The largest absolute Gasteiger partial charge is 0.396 e. The van der Waals surface area contributed by atoms with Gasteiger partial charge in [-0.1, -0.05) is 6.92 Å². The van der Waals surface area contributed by atoms with Gasteiger partial charge in [-0.15, -0.1) is 0 Å². The molecule has 1 aliphatic heterocycles. The Morgan fingerprint density at radius 2 is 2.30 bits per heavy atom. The van der Waals surface area contributed by atoms with Gasteiger partial charge < -0.3 is 15.3 Å². The van der Waals surface area contributed by atoms with Gasteiger partial charge in [-0.05, 0) is 56.0 Å². The molecule has 0 amide bonds. The van der Waals surface area contributed by atoms with E-state index in [1.165, 1.54) is 6.07 Å². The minimum atomic E-state index is -0.181. The van der Waals surface area contributed by atoms with Crippen LogP contribution in [0.5, 0.6) is 0 Å². The van der Waals surface area contributed by atoms with Gasteiger partial charge in [-0.2, -0.15) is 0 Å². The number of aliphatic hydroxyl groups is 1. The normalized spacial score (nSPS) is 20.4. The zero-order valence-electron chi connectivity index (χ0n) is 12.4. The Bertz CT molecular complexity index is 438. The van der Waals surface area contributed by atoms with E-state index in [9.17, 15) is 4.39 Å². The second-order valence-corrected chi connectivity index (χ2v) is 5.60. The Hall–Kier alpha value is -1.13. The summed E-state index contributed by atoms with van der Waals surface area (Å²) in [4.78, 5) is 2.32. The molecular weight excluding hydrogens is 255 g/mol. The maximum absolute atomic E-state index is 13.6. The molecule has 1 saturated heterocycles. The van der Waals surface area contributed by atoms with Crippen LogP contribution >= 0.6 is 0 Å². The van der Waals surface area contributed by atoms with E-state index >= 15 is 0 Å². The quantitative estimate of drug-likeness (QED) is 0.841. The summed E-state index contributed by atoms with van der Waals surface area (Å²) in [6, 6.07) is 5.21. The first kappa shape index (κ1) is 15.3. The average molecular weight is 280 g/mol. The first-order chi connectivity index (χ1) is 9.65. The molecule has 1 aromatic carbocycles. The van der Waals surface area contributed by atoms with Crippen LogP contribution in [-0.2, 0) is 0 Å². The molecule has 0 radical (unpaired) electrons. The van der Waals surface area contributed by atoms with E-state index in [0.29, 0.717) is 5.92 Å². The van der Waals surface area contributed by atoms with Crippen LogP contribution < -0.4 is 10.2 Å². The fourth-order valence-corrected chi connectivity index (χ4v) is 3.05. The number of nitrogens with one attached hydrogen (secondary N) is 1. The lowest BCUT2D eigenvalue weighted by Gasteiger charge is -2.25. The van der Waals surface area contributed by atoms with Crippen molar-refractivity contribution in [2.45, 2.75) is 32.7 Å². The monoisotopic (exact) mass is 280 g/mol. The van der Waals surface area contributed by atoms with Gasteiger partial charge in [0.05, 0.1) is 0 Å². The van der Waals surface area contributed by atoms with Crippen LogP contribution in [0.15, 0.2) is 18.2 Å². The Kier molecular flexibility index (Phi) is 5.38. The molecule has 0 aromatic heterocycles. The number of halogens is 1. The molecule has 1 aromatic rings. The van der Waals surface area contributed by atoms with Gasteiger partial charge >= 0.3 is 0 Å². The highest BCUT2D eigenvalue weighted by Gasteiger charge is 2.25. The topological polar surface area (TPSA) is 35.5 Å². The Balaban J connectivity index is 2.19. The molecule has 4 heteroatoms. The van der Waals surface area contributed by atoms with Crippen LogP contribution in [0.1, 0.15) is 38.3 Å². The summed E-state index contributed by atoms with van der Waals surface area (Å²) in [6.07, 6.45) is 1.96. The van der Waals surface area contributed by atoms with Crippen LogP contribution in [0.2, 0.25) is 0 Å².